The summed E-state index contributed by atoms with van der Waals surface area (Å²) in [6, 6.07) is 4.08. The first-order valence-corrected chi connectivity index (χ1v) is 9.20. The van der Waals surface area contributed by atoms with Crippen LogP contribution in [0.2, 0.25) is 5.02 Å². The van der Waals surface area contributed by atoms with Crippen molar-refractivity contribution in [3.8, 4) is 0 Å². The number of carbonyl (C=O) groups excluding carboxylic acids is 1. The van der Waals surface area contributed by atoms with E-state index in [2.05, 4.69) is 5.32 Å². The van der Waals surface area contributed by atoms with Crippen molar-refractivity contribution < 1.29 is 23.1 Å². The van der Waals surface area contributed by atoms with Crippen LogP contribution in [0.25, 0.3) is 0 Å². The van der Waals surface area contributed by atoms with Crippen molar-refractivity contribution in [1.82, 2.24) is 9.62 Å². The number of amides is 1. The van der Waals surface area contributed by atoms with Crippen LogP contribution in [0.1, 0.15) is 36.0 Å². The number of carboxylic acids is 1. The quantitative estimate of drug-likeness (QED) is 0.641. The molecular formula is C15H21ClN2O5S. The van der Waals surface area contributed by atoms with Crippen LogP contribution in [-0.4, -0.2) is 50.3 Å². The Balaban J connectivity index is 2.68. The van der Waals surface area contributed by atoms with Gasteiger partial charge in [-0.3, -0.25) is 9.59 Å². The van der Waals surface area contributed by atoms with E-state index >= 15 is 0 Å². The van der Waals surface area contributed by atoms with Gasteiger partial charge in [0.25, 0.3) is 5.91 Å². The third kappa shape index (κ3) is 5.77. The molecule has 1 amide bonds. The van der Waals surface area contributed by atoms with Crippen LogP contribution in [-0.2, 0) is 14.8 Å². The molecule has 134 valence electrons. The fourth-order valence-electron chi connectivity index (χ4n) is 1.92. The second kappa shape index (κ2) is 9.00. The average molecular weight is 377 g/mol. The summed E-state index contributed by atoms with van der Waals surface area (Å²) < 4.78 is 25.4. The van der Waals surface area contributed by atoms with Crippen molar-refractivity contribution in [3.05, 3.63) is 28.8 Å². The van der Waals surface area contributed by atoms with Crippen molar-refractivity contribution in [2.24, 2.45) is 0 Å². The third-order valence-electron chi connectivity index (χ3n) is 3.30. The number of carbonyl (C=O) groups is 2. The predicted octanol–water partition coefficient (Wildman–Crippen LogP) is 1.97. The SMILES string of the molecule is CN(C)S(=O)(=O)c1cc(C(=O)NCCCCCC(=O)O)ccc1Cl. The van der Waals surface area contributed by atoms with Gasteiger partial charge < -0.3 is 10.4 Å². The molecule has 0 radical (unpaired) electrons. The Hall–Kier alpha value is -1.64. The topological polar surface area (TPSA) is 104 Å². The molecule has 0 spiro atoms. The number of sulfonamides is 1. The zero-order valence-electron chi connectivity index (χ0n) is 13.6. The van der Waals surface area contributed by atoms with E-state index in [4.69, 9.17) is 16.7 Å². The molecule has 0 fully saturated rings. The van der Waals surface area contributed by atoms with Gasteiger partial charge in [0, 0.05) is 32.6 Å². The van der Waals surface area contributed by atoms with Crippen LogP contribution >= 0.6 is 11.6 Å². The summed E-state index contributed by atoms with van der Waals surface area (Å²) in [4.78, 5) is 22.3. The Labute approximate surface area is 146 Å². The lowest BCUT2D eigenvalue weighted by molar-refractivity contribution is -0.137. The second-order valence-electron chi connectivity index (χ2n) is 5.39. The van der Waals surface area contributed by atoms with E-state index in [1.165, 1.54) is 32.3 Å². The number of hydrogen-bond acceptors (Lipinski definition) is 4. The molecule has 0 aliphatic rings. The van der Waals surface area contributed by atoms with Crippen LogP contribution in [0.5, 0.6) is 0 Å². The fraction of sp³-hybridized carbons (Fsp3) is 0.467. The number of hydrogen-bond donors (Lipinski definition) is 2. The molecule has 0 aromatic heterocycles. The second-order valence-corrected chi connectivity index (χ2v) is 7.92. The highest BCUT2D eigenvalue weighted by atomic mass is 35.5. The van der Waals surface area contributed by atoms with Gasteiger partial charge in [-0.15, -0.1) is 0 Å². The highest BCUT2D eigenvalue weighted by molar-refractivity contribution is 7.89. The largest absolute Gasteiger partial charge is 0.481 e. The number of halogens is 1. The molecule has 1 aromatic carbocycles. The molecule has 1 aromatic rings. The molecular weight excluding hydrogens is 356 g/mol. The Morgan fingerprint density at radius 2 is 1.88 bits per heavy atom. The van der Waals surface area contributed by atoms with E-state index in [1.54, 1.807) is 0 Å². The summed E-state index contributed by atoms with van der Waals surface area (Å²) in [6.07, 6.45) is 2.00. The fourth-order valence-corrected chi connectivity index (χ4v) is 3.31. The van der Waals surface area contributed by atoms with Crippen molar-refractivity contribution in [3.63, 3.8) is 0 Å². The zero-order chi connectivity index (χ0) is 18.3. The Morgan fingerprint density at radius 1 is 1.21 bits per heavy atom. The van der Waals surface area contributed by atoms with Gasteiger partial charge in [-0.05, 0) is 31.0 Å². The van der Waals surface area contributed by atoms with Crippen LogP contribution in [0.3, 0.4) is 0 Å². The third-order valence-corrected chi connectivity index (χ3v) is 5.60. The molecule has 0 saturated heterocycles. The number of rotatable bonds is 9. The number of carboxylic acid groups (broad SMARTS) is 1. The number of aliphatic carboxylic acids is 1. The zero-order valence-corrected chi connectivity index (χ0v) is 15.2. The van der Waals surface area contributed by atoms with Crippen molar-refractivity contribution in [1.29, 1.82) is 0 Å². The number of benzene rings is 1. The smallest absolute Gasteiger partial charge is 0.303 e. The summed E-state index contributed by atoms with van der Waals surface area (Å²) in [5.41, 5.74) is 0.199. The maximum absolute atomic E-state index is 12.2. The molecule has 0 heterocycles. The van der Waals surface area contributed by atoms with Crippen LogP contribution < -0.4 is 5.32 Å². The van der Waals surface area contributed by atoms with Crippen LogP contribution in [0.15, 0.2) is 23.1 Å². The highest BCUT2D eigenvalue weighted by Gasteiger charge is 2.22. The van der Waals surface area contributed by atoms with Gasteiger partial charge in [-0.2, -0.15) is 0 Å². The maximum atomic E-state index is 12.2. The number of nitrogens with one attached hydrogen (secondary N) is 1. The number of unbranched alkanes of at least 4 members (excludes halogenated alkanes) is 2. The molecule has 0 saturated carbocycles. The van der Waals surface area contributed by atoms with Crippen molar-refractivity contribution in [2.75, 3.05) is 20.6 Å². The summed E-state index contributed by atoms with van der Waals surface area (Å²) in [6.45, 7) is 0.386. The van der Waals surface area contributed by atoms with E-state index < -0.39 is 21.9 Å². The van der Waals surface area contributed by atoms with Gasteiger partial charge in [0.15, 0.2) is 0 Å². The first kappa shape index (κ1) is 20.4. The molecule has 0 bridgehead atoms. The minimum absolute atomic E-state index is 0.0499. The molecule has 7 nitrogen and oxygen atoms in total. The lowest BCUT2D eigenvalue weighted by atomic mass is 10.2. The van der Waals surface area contributed by atoms with Gasteiger partial charge >= 0.3 is 5.97 Å². The van der Waals surface area contributed by atoms with Gasteiger partial charge in [-0.25, -0.2) is 12.7 Å². The minimum atomic E-state index is -3.74. The van der Waals surface area contributed by atoms with E-state index in [-0.39, 0.29) is 21.9 Å². The van der Waals surface area contributed by atoms with E-state index in [0.29, 0.717) is 25.8 Å². The Kier molecular flexibility index (Phi) is 7.65. The predicted molar refractivity (Wildman–Crippen MR) is 90.8 cm³/mol. The average Bonchev–Trinajstić information content (AvgIpc) is 2.50. The van der Waals surface area contributed by atoms with Crippen molar-refractivity contribution >= 4 is 33.5 Å². The summed E-state index contributed by atoms with van der Waals surface area (Å²) in [7, 11) is -0.970. The lowest BCUT2D eigenvalue weighted by Gasteiger charge is -2.14. The highest BCUT2D eigenvalue weighted by Crippen LogP contribution is 2.24. The summed E-state index contributed by atoms with van der Waals surface area (Å²) in [5.74, 6) is -1.24. The maximum Gasteiger partial charge on any atom is 0.303 e. The van der Waals surface area contributed by atoms with Crippen molar-refractivity contribution in [2.45, 2.75) is 30.6 Å². The van der Waals surface area contributed by atoms with E-state index in [0.717, 1.165) is 4.31 Å². The van der Waals surface area contributed by atoms with Crippen LogP contribution in [0, 0.1) is 0 Å². The first-order valence-electron chi connectivity index (χ1n) is 7.38. The lowest BCUT2D eigenvalue weighted by Crippen LogP contribution is -2.26. The first-order chi connectivity index (χ1) is 11.2. The number of nitrogens with zero attached hydrogens (tertiary/aromatic N) is 1. The van der Waals surface area contributed by atoms with E-state index in [9.17, 15) is 18.0 Å². The molecule has 0 atom stereocenters. The molecule has 0 aliphatic carbocycles. The standard InChI is InChI=1S/C15H21ClN2O5S/c1-18(2)24(22,23)13-10-11(7-8-12(13)16)15(21)17-9-5-3-4-6-14(19)20/h7-8,10H,3-6,9H2,1-2H3,(H,17,21)(H,19,20). The Morgan fingerprint density at radius 3 is 2.46 bits per heavy atom. The van der Waals surface area contributed by atoms with Crippen LogP contribution in [0.4, 0.5) is 0 Å². The normalized spacial score (nSPS) is 11.5. The summed E-state index contributed by atoms with van der Waals surface area (Å²) in [5, 5.41) is 11.3. The monoisotopic (exact) mass is 376 g/mol. The molecule has 9 heteroatoms. The van der Waals surface area contributed by atoms with Gasteiger partial charge in [0.1, 0.15) is 4.90 Å². The molecule has 1 rings (SSSR count). The molecule has 2 N–H and O–H groups in total. The molecule has 0 aliphatic heterocycles. The van der Waals surface area contributed by atoms with Gasteiger partial charge in [0.2, 0.25) is 10.0 Å². The summed E-state index contributed by atoms with van der Waals surface area (Å²) >= 11 is 5.93. The molecule has 0 unspecified atom stereocenters. The molecule has 24 heavy (non-hydrogen) atoms. The van der Waals surface area contributed by atoms with E-state index in [1.807, 2.05) is 0 Å². The van der Waals surface area contributed by atoms with Gasteiger partial charge in [0.05, 0.1) is 5.02 Å². The van der Waals surface area contributed by atoms with Gasteiger partial charge in [-0.1, -0.05) is 18.0 Å². The Bertz CT molecular complexity index is 704. The minimum Gasteiger partial charge on any atom is -0.481 e.